The van der Waals surface area contributed by atoms with E-state index in [9.17, 15) is 14.7 Å². The minimum absolute atomic E-state index is 0.187. The number of amides is 2. The van der Waals surface area contributed by atoms with Crippen LogP contribution in [0.2, 0.25) is 0 Å². The van der Waals surface area contributed by atoms with Gasteiger partial charge in [0.15, 0.2) is 0 Å². The van der Waals surface area contributed by atoms with E-state index in [0.29, 0.717) is 6.54 Å². The van der Waals surface area contributed by atoms with Gasteiger partial charge >= 0.3 is 12.0 Å². The average Bonchev–Trinajstić information content (AvgIpc) is 2.61. The fraction of sp³-hybridized carbons (Fsp3) is 0.833. The van der Waals surface area contributed by atoms with E-state index in [-0.39, 0.29) is 19.1 Å². The van der Waals surface area contributed by atoms with Gasteiger partial charge in [0.25, 0.3) is 0 Å². The van der Waals surface area contributed by atoms with Crippen molar-refractivity contribution < 1.29 is 19.8 Å². The number of likely N-dealkylation sites (N-methyl/N-ethyl adjacent to an activating group) is 1. The molecule has 2 N–H and O–H groups in total. The molecule has 0 atom stereocenters. The lowest BCUT2D eigenvalue weighted by Crippen LogP contribution is -2.57. The van der Waals surface area contributed by atoms with Gasteiger partial charge in [-0.2, -0.15) is 0 Å². The Labute approximate surface area is 106 Å². The Bertz CT molecular complexity index is 346. The first kappa shape index (κ1) is 13.1. The number of hydrogen-bond acceptors (Lipinski definition) is 3. The minimum atomic E-state index is -0.851. The lowest BCUT2D eigenvalue weighted by atomic mass is 10.0. The number of carboxylic acids is 1. The first-order chi connectivity index (χ1) is 8.41. The lowest BCUT2D eigenvalue weighted by Gasteiger charge is -2.40. The van der Waals surface area contributed by atoms with Gasteiger partial charge in [0, 0.05) is 20.1 Å². The summed E-state index contributed by atoms with van der Waals surface area (Å²) in [4.78, 5) is 25.6. The van der Waals surface area contributed by atoms with E-state index in [2.05, 4.69) is 0 Å². The highest BCUT2D eigenvalue weighted by molar-refractivity contribution is 5.79. The average molecular weight is 256 g/mol. The molecule has 2 aliphatic rings. The molecule has 1 saturated heterocycles. The van der Waals surface area contributed by atoms with Crippen molar-refractivity contribution in [2.24, 2.45) is 5.92 Å². The standard InChI is InChI=1S/C12H20N2O4/c1-13(8-12(18)4-2-3-5-12)11(17)14-6-9(7-14)10(15)16/h9,18H,2-8H2,1H3,(H,15,16). The molecule has 1 aliphatic heterocycles. The Morgan fingerprint density at radius 2 is 1.89 bits per heavy atom. The van der Waals surface area contributed by atoms with Crippen LogP contribution in [0.1, 0.15) is 25.7 Å². The van der Waals surface area contributed by atoms with Gasteiger partial charge in [-0.15, -0.1) is 0 Å². The van der Waals surface area contributed by atoms with Crippen LogP contribution in [0.15, 0.2) is 0 Å². The van der Waals surface area contributed by atoms with Crippen LogP contribution in [0.3, 0.4) is 0 Å². The fourth-order valence-electron chi connectivity index (χ4n) is 2.73. The zero-order valence-corrected chi connectivity index (χ0v) is 10.6. The maximum Gasteiger partial charge on any atom is 0.319 e. The van der Waals surface area contributed by atoms with Crippen molar-refractivity contribution in [2.75, 3.05) is 26.7 Å². The second kappa shape index (κ2) is 4.76. The summed E-state index contributed by atoms with van der Waals surface area (Å²) in [7, 11) is 1.66. The molecule has 6 heteroatoms. The van der Waals surface area contributed by atoms with Crippen molar-refractivity contribution in [3.8, 4) is 0 Å². The molecule has 2 amide bonds. The summed E-state index contributed by atoms with van der Waals surface area (Å²) in [5.41, 5.74) is -0.749. The van der Waals surface area contributed by atoms with Crippen molar-refractivity contribution in [3.63, 3.8) is 0 Å². The zero-order chi connectivity index (χ0) is 13.3. The van der Waals surface area contributed by atoms with Crippen LogP contribution in [0.25, 0.3) is 0 Å². The monoisotopic (exact) mass is 256 g/mol. The number of rotatable bonds is 3. The third-order valence-electron chi connectivity index (χ3n) is 3.89. The quantitative estimate of drug-likeness (QED) is 0.764. The molecule has 6 nitrogen and oxygen atoms in total. The minimum Gasteiger partial charge on any atom is -0.481 e. The Hall–Kier alpha value is -1.30. The fourth-order valence-corrected chi connectivity index (χ4v) is 2.73. The van der Waals surface area contributed by atoms with Gasteiger partial charge in [0.1, 0.15) is 0 Å². The smallest absolute Gasteiger partial charge is 0.319 e. The van der Waals surface area contributed by atoms with Crippen LogP contribution >= 0.6 is 0 Å². The van der Waals surface area contributed by atoms with Crippen molar-refractivity contribution in [1.29, 1.82) is 0 Å². The van der Waals surface area contributed by atoms with Crippen LogP contribution < -0.4 is 0 Å². The van der Waals surface area contributed by atoms with E-state index in [0.717, 1.165) is 25.7 Å². The first-order valence-electron chi connectivity index (χ1n) is 6.36. The van der Waals surface area contributed by atoms with Crippen molar-refractivity contribution in [2.45, 2.75) is 31.3 Å². The summed E-state index contributed by atoms with van der Waals surface area (Å²) in [6.45, 7) is 0.883. The van der Waals surface area contributed by atoms with E-state index in [1.54, 1.807) is 7.05 Å². The van der Waals surface area contributed by atoms with E-state index < -0.39 is 17.5 Å². The molecular weight excluding hydrogens is 236 g/mol. The summed E-state index contributed by atoms with van der Waals surface area (Å²) < 4.78 is 0. The molecule has 2 rings (SSSR count). The molecule has 0 bridgehead atoms. The number of hydrogen-bond donors (Lipinski definition) is 2. The van der Waals surface area contributed by atoms with Crippen LogP contribution in [0, 0.1) is 5.92 Å². The van der Waals surface area contributed by atoms with Crippen molar-refractivity contribution in [1.82, 2.24) is 9.80 Å². The molecule has 1 saturated carbocycles. The number of likely N-dealkylation sites (tertiary alicyclic amines) is 1. The first-order valence-corrected chi connectivity index (χ1v) is 6.36. The van der Waals surface area contributed by atoms with Crippen molar-refractivity contribution >= 4 is 12.0 Å². The predicted molar refractivity (Wildman–Crippen MR) is 64.1 cm³/mol. The number of aliphatic carboxylic acids is 1. The number of aliphatic hydroxyl groups is 1. The molecule has 0 aromatic rings. The third-order valence-corrected chi connectivity index (χ3v) is 3.89. The van der Waals surface area contributed by atoms with Gasteiger partial charge in [0.2, 0.25) is 0 Å². The Kier molecular flexibility index (Phi) is 3.47. The van der Waals surface area contributed by atoms with Gasteiger partial charge in [-0.25, -0.2) is 4.79 Å². The van der Waals surface area contributed by atoms with E-state index >= 15 is 0 Å². The van der Waals surface area contributed by atoms with E-state index in [4.69, 9.17) is 5.11 Å². The highest BCUT2D eigenvalue weighted by atomic mass is 16.4. The SMILES string of the molecule is CN(CC1(O)CCCC1)C(=O)N1CC(C(=O)O)C1. The topological polar surface area (TPSA) is 81.1 Å². The lowest BCUT2D eigenvalue weighted by molar-refractivity contribution is -0.146. The summed E-state index contributed by atoms with van der Waals surface area (Å²) in [6.07, 6.45) is 3.48. The summed E-state index contributed by atoms with van der Waals surface area (Å²) in [5.74, 6) is -1.28. The van der Waals surface area contributed by atoms with Crippen molar-refractivity contribution in [3.05, 3.63) is 0 Å². The van der Waals surface area contributed by atoms with E-state index in [1.165, 1.54) is 9.80 Å². The molecule has 0 unspecified atom stereocenters. The Balaban J connectivity index is 1.81. The van der Waals surface area contributed by atoms with Crippen LogP contribution in [-0.4, -0.2) is 64.3 Å². The summed E-state index contributed by atoms with van der Waals surface area (Å²) in [5, 5.41) is 19.0. The number of carbonyl (C=O) groups is 2. The highest BCUT2D eigenvalue weighted by Crippen LogP contribution is 2.30. The molecule has 2 fully saturated rings. The molecule has 18 heavy (non-hydrogen) atoms. The molecule has 1 heterocycles. The second-order valence-corrected chi connectivity index (χ2v) is 5.51. The molecule has 102 valence electrons. The third kappa shape index (κ3) is 2.58. The largest absolute Gasteiger partial charge is 0.481 e. The Morgan fingerprint density at radius 3 is 2.39 bits per heavy atom. The predicted octanol–water partition coefficient (Wildman–Crippen LogP) is 0.360. The molecular formula is C12H20N2O4. The molecule has 0 spiro atoms. The summed E-state index contributed by atoms with van der Waals surface area (Å²) in [6, 6.07) is -0.187. The number of urea groups is 1. The molecule has 0 radical (unpaired) electrons. The normalized spacial score (nSPS) is 22.7. The molecule has 1 aliphatic carbocycles. The highest BCUT2D eigenvalue weighted by Gasteiger charge is 2.39. The summed E-state index contributed by atoms with van der Waals surface area (Å²) >= 11 is 0. The molecule has 0 aromatic heterocycles. The van der Waals surface area contributed by atoms with Gasteiger partial charge < -0.3 is 20.0 Å². The zero-order valence-electron chi connectivity index (χ0n) is 10.6. The van der Waals surface area contributed by atoms with E-state index in [1.807, 2.05) is 0 Å². The van der Waals surface area contributed by atoms with Gasteiger partial charge in [-0.3, -0.25) is 4.79 Å². The van der Waals surface area contributed by atoms with Gasteiger partial charge in [0.05, 0.1) is 18.1 Å². The molecule has 0 aromatic carbocycles. The van der Waals surface area contributed by atoms with Crippen LogP contribution in [0.4, 0.5) is 4.79 Å². The number of carbonyl (C=O) groups excluding carboxylic acids is 1. The number of nitrogens with zero attached hydrogens (tertiary/aromatic N) is 2. The maximum absolute atomic E-state index is 12.0. The van der Waals surface area contributed by atoms with Crippen LogP contribution in [-0.2, 0) is 4.79 Å². The number of carboxylic acid groups (broad SMARTS) is 1. The van der Waals surface area contributed by atoms with Crippen LogP contribution in [0.5, 0.6) is 0 Å². The van der Waals surface area contributed by atoms with Gasteiger partial charge in [-0.05, 0) is 12.8 Å². The Morgan fingerprint density at radius 1 is 1.33 bits per heavy atom. The van der Waals surface area contributed by atoms with Gasteiger partial charge in [-0.1, -0.05) is 12.8 Å². The maximum atomic E-state index is 12.0. The second-order valence-electron chi connectivity index (χ2n) is 5.51.